The summed E-state index contributed by atoms with van der Waals surface area (Å²) in [6.07, 6.45) is 1.56. The molecule has 0 amide bonds. The molecule has 0 bridgehead atoms. The third-order valence-electron chi connectivity index (χ3n) is 2.10. The standard InChI is InChI=1S/C11H8ClIN2O2S/c12-11-10(6-8(13)7-14-11)15-18(16,17)9-4-2-1-3-5-9/h1-7,15H. The van der Waals surface area contributed by atoms with Crippen LogP contribution in [0.4, 0.5) is 5.69 Å². The fraction of sp³-hybridized carbons (Fsp3) is 0. The predicted octanol–water partition coefficient (Wildman–Crippen LogP) is 3.14. The lowest BCUT2D eigenvalue weighted by Crippen LogP contribution is -2.13. The largest absolute Gasteiger partial charge is 0.276 e. The molecule has 1 aromatic carbocycles. The van der Waals surface area contributed by atoms with E-state index in [9.17, 15) is 8.42 Å². The number of rotatable bonds is 3. The summed E-state index contributed by atoms with van der Waals surface area (Å²) in [7, 11) is -3.63. The Hall–Kier alpha value is -0.860. The quantitative estimate of drug-likeness (QED) is 0.643. The van der Waals surface area contributed by atoms with Crippen molar-refractivity contribution >= 4 is 49.9 Å². The fourth-order valence-electron chi connectivity index (χ4n) is 1.30. The van der Waals surface area contributed by atoms with Gasteiger partial charge in [-0.3, -0.25) is 4.72 Å². The van der Waals surface area contributed by atoms with Crippen LogP contribution in [0.2, 0.25) is 5.15 Å². The van der Waals surface area contributed by atoms with E-state index in [2.05, 4.69) is 9.71 Å². The van der Waals surface area contributed by atoms with Crippen LogP contribution in [0.25, 0.3) is 0 Å². The highest BCUT2D eigenvalue weighted by Crippen LogP contribution is 2.24. The number of hydrogen-bond donors (Lipinski definition) is 1. The summed E-state index contributed by atoms with van der Waals surface area (Å²) in [5, 5.41) is 0.120. The van der Waals surface area contributed by atoms with Gasteiger partial charge in [-0.05, 0) is 40.8 Å². The third kappa shape index (κ3) is 3.12. The van der Waals surface area contributed by atoms with E-state index in [1.54, 1.807) is 30.5 Å². The molecule has 94 valence electrons. The summed E-state index contributed by atoms with van der Waals surface area (Å²) < 4.78 is 27.3. The summed E-state index contributed by atoms with van der Waals surface area (Å²) in [6.45, 7) is 0. The molecule has 4 nitrogen and oxygen atoms in total. The van der Waals surface area contributed by atoms with Crippen molar-refractivity contribution in [2.45, 2.75) is 4.90 Å². The number of sulfonamides is 1. The summed E-state index contributed by atoms with van der Waals surface area (Å²) in [5.41, 5.74) is 0.271. The van der Waals surface area contributed by atoms with Crippen molar-refractivity contribution in [2.24, 2.45) is 0 Å². The number of hydrogen-bond acceptors (Lipinski definition) is 3. The van der Waals surface area contributed by atoms with E-state index in [-0.39, 0.29) is 15.7 Å². The minimum Gasteiger partial charge on any atom is -0.276 e. The smallest absolute Gasteiger partial charge is 0.261 e. The van der Waals surface area contributed by atoms with Crippen molar-refractivity contribution in [1.29, 1.82) is 0 Å². The molecule has 1 aromatic heterocycles. The fourth-order valence-corrected chi connectivity index (χ4v) is 3.03. The van der Waals surface area contributed by atoms with Crippen LogP contribution in [0.5, 0.6) is 0 Å². The number of halogens is 2. The Bertz CT molecular complexity index is 662. The van der Waals surface area contributed by atoms with Crippen LogP contribution in [-0.2, 0) is 10.0 Å². The lowest BCUT2D eigenvalue weighted by atomic mass is 10.4. The molecular formula is C11H8ClIN2O2S. The molecule has 0 aliphatic carbocycles. The second kappa shape index (κ2) is 5.41. The van der Waals surface area contributed by atoms with Crippen LogP contribution in [0.3, 0.4) is 0 Å². The monoisotopic (exact) mass is 394 g/mol. The highest BCUT2D eigenvalue weighted by Gasteiger charge is 2.15. The number of benzene rings is 1. The second-order valence-corrected chi connectivity index (χ2v) is 6.70. The zero-order valence-electron chi connectivity index (χ0n) is 8.97. The van der Waals surface area contributed by atoms with Gasteiger partial charge in [-0.25, -0.2) is 13.4 Å². The van der Waals surface area contributed by atoms with Crippen LogP contribution >= 0.6 is 34.2 Å². The van der Waals surface area contributed by atoms with E-state index in [0.717, 1.165) is 3.57 Å². The molecule has 2 aromatic rings. The molecule has 0 fully saturated rings. The minimum absolute atomic E-state index is 0.120. The number of aromatic nitrogens is 1. The zero-order valence-corrected chi connectivity index (χ0v) is 12.7. The van der Waals surface area contributed by atoms with Crippen molar-refractivity contribution in [1.82, 2.24) is 4.98 Å². The van der Waals surface area contributed by atoms with Gasteiger partial charge in [-0.15, -0.1) is 0 Å². The van der Waals surface area contributed by atoms with Gasteiger partial charge in [0.15, 0.2) is 5.15 Å². The number of pyridine rings is 1. The van der Waals surface area contributed by atoms with Crippen molar-refractivity contribution in [2.75, 3.05) is 4.72 Å². The molecule has 0 aliphatic rings. The SMILES string of the molecule is O=S(=O)(Nc1cc(I)cnc1Cl)c1ccccc1. The Labute approximate surface area is 124 Å². The molecule has 1 N–H and O–H groups in total. The van der Waals surface area contributed by atoms with Crippen molar-refractivity contribution in [3.63, 3.8) is 0 Å². The van der Waals surface area contributed by atoms with Gasteiger partial charge in [-0.1, -0.05) is 29.8 Å². The molecule has 0 unspecified atom stereocenters. The first-order valence-electron chi connectivity index (χ1n) is 4.88. The maximum Gasteiger partial charge on any atom is 0.261 e. The summed E-state index contributed by atoms with van der Waals surface area (Å²) in [4.78, 5) is 4.07. The molecular weight excluding hydrogens is 387 g/mol. The normalized spacial score (nSPS) is 11.2. The Kier molecular flexibility index (Phi) is 4.08. The van der Waals surface area contributed by atoms with Crippen molar-refractivity contribution < 1.29 is 8.42 Å². The van der Waals surface area contributed by atoms with Gasteiger partial charge in [0, 0.05) is 9.77 Å². The lowest BCUT2D eigenvalue weighted by molar-refractivity contribution is 0.601. The Morgan fingerprint density at radius 1 is 1.22 bits per heavy atom. The molecule has 1 heterocycles. The zero-order chi connectivity index (χ0) is 13.2. The van der Waals surface area contributed by atoms with E-state index >= 15 is 0 Å². The van der Waals surface area contributed by atoms with Gasteiger partial charge in [-0.2, -0.15) is 0 Å². The highest BCUT2D eigenvalue weighted by atomic mass is 127. The Morgan fingerprint density at radius 2 is 1.89 bits per heavy atom. The first-order chi connectivity index (χ1) is 8.49. The van der Waals surface area contributed by atoms with Crippen LogP contribution < -0.4 is 4.72 Å². The van der Waals surface area contributed by atoms with Crippen LogP contribution in [0, 0.1) is 3.57 Å². The number of anilines is 1. The van der Waals surface area contributed by atoms with Crippen LogP contribution in [-0.4, -0.2) is 13.4 Å². The van der Waals surface area contributed by atoms with Gasteiger partial charge >= 0.3 is 0 Å². The average Bonchev–Trinajstić information content (AvgIpc) is 2.35. The van der Waals surface area contributed by atoms with Crippen LogP contribution in [0.15, 0.2) is 47.5 Å². The topological polar surface area (TPSA) is 59.1 Å². The summed E-state index contributed by atoms with van der Waals surface area (Å²) >= 11 is 7.88. The van der Waals surface area contributed by atoms with Gasteiger partial charge in [0.2, 0.25) is 0 Å². The van der Waals surface area contributed by atoms with E-state index in [0.29, 0.717) is 0 Å². The van der Waals surface area contributed by atoms with Gasteiger partial charge in [0.1, 0.15) is 0 Å². The molecule has 0 atom stereocenters. The minimum atomic E-state index is -3.63. The summed E-state index contributed by atoms with van der Waals surface area (Å²) in [5.74, 6) is 0. The van der Waals surface area contributed by atoms with E-state index < -0.39 is 10.0 Å². The average molecular weight is 395 g/mol. The molecule has 0 aliphatic heterocycles. The first kappa shape index (κ1) is 13.6. The molecule has 7 heteroatoms. The van der Waals surface area contributed by atoms with Crippen LogP contribution in [0.1, 0.15) is 0 Å². The van der Waals surface area contributed by atoms with Gasteiger partial charge in [0.05, 0.1) is 10.6 Å². The number of nitrogens with zero attached hydrogens (tertiary/aromatic N) is 1. The van der Waals surface area contributed by atoms with Crippen molar-refractivity contribution in [3.05, 3.63) is 51.3 Å². The second-order valence-electron chi connectivity index (χ2n) is 3.41. The third-order valence-corrected chi connectivity index (χ3v) is 4.38. The maximum atomic E-state index is 12.1. The molecule has 0 saturated heterocycles. The van der Waals surface area contributed by atoms with Crippen molar-refractivity contribution in [3.8, 4) is 0 Å². The summed E-state index contributed by atoms with van der Waals surface area (Å²) in [6, 6.07) is 9.71. The van der Waals surface area contributed by atoms with E-state index in [1.807, 2.05) is 22.6 Å². The molecule has 0 spiro atoms. The lowest BCUT2D eigenvalue weighted by Gasteiger charge is -2.09. The maximum absolute atomic E-state index is 12.1. The van der Waals surface area contributed by atoms with E-state index in [4.69, 9.17) is 11.6 Å². The molecule has 18 heavy (non-hydrogen) atoms. The first-order valence-corrected chi connectivity index (χ1v) is 7.82. The highest BCUT2D eigenvalue weighted by molar-refractivity contribution is 14.1. The van der Waals surface area contributed by atoms with E-state index in [1.165, 1.54) is 12.1 Å². The Morgan fingerprint density at radius 3 is 2.56 bits per heavy atom. The predicted molar refractivity (Wildman–Crippen MR) is 79.2 cm³/mol. The molecule has 2 rings (SSSR count). The Balaban J connectivity index is 2.37. The van der Waals surface area contributed by atoms with Gasteiger partial charge in [0.25, 0.3) is 10.0 Å². The van der Waals surface area contributed by atoms with Gasteiger partial charge < -0.3 is 0 Å². The molecule has 0 saturated carbocycles. The number of nitrogens with one attached hydrogen (secondary N) is 1. The molecule has 0 radical (unpaired) electrons.